The van der Waals surface area contributed by atoms with Crippen LogP contribution >= 0.6 is 0 Å². The molecule has 18 heavy (non-hydrogen) atoms. The van der Waals surface area contributed by atoms with Crippen LogP contribution in [0.3, 0.4) is 0 Å². The smallest absolute Gasteiger partial charge is 0.181 e. The molecule has 0 aliphatic heterocycles. The van der Waals surface area contributed by atoms with E-state index < -0.39 is 0 Å². The third kappa shape index (κ3) is 2.92. The Morgan fingerprint density at radius 1 is 1.33 bits per heavy atom. The van der Waals surface area contributed by atoms with E-state index in [9.17, 15) is 0 Å². The molecule has 2 aromatic rings. The maximum Gasteiger partial charge on any atom is 0.181 e. The van der Waals surface area contributed by atoms with E-state index in [-0.39, 0.29) is 0 Å². The Kier molecular flexibility index (Phi) is 4.03. The van der Waals surface area contributed by atoms with Gasteiger partial charge in [-0.05, 0) is 24.5 Å². The van der Waals surface area contributed by atoms with Gasteiger partial charge in [0.15, 0.2) is 12.2 Å². The van der Waals surface area contributed by atoms with Crippen molar-refractivity contribution in [2.24, 2.45) is 5.92 Å². The number of nitrogens with one attached hydrogen (secondary N) is 1. The summed E-state index contributed by atoms with van der Waals surface area (Å²) in [6.45, 7) is 6.68. The summed E-state index contributed by atoms with van der Waals surface area (Å²) >= 11 is 0. The van der Waals surface area contributed by atoms with Crippen molar-refractivity contribution in [2.45, 2.75) is 33.2 Å². The molecule has 3 heteroatoms. The van der Waals surface area contributed by atoms with E-state index in [2.05, 4.69) is 43.2 Å². The maximum absolute atomic E-state index is 5.31. The van der Waals surface area contributed by atoms with Gasteiger partial charge in [-0.1, -0.05) is 32.9 Å². The predicted molar refractivity (Wildman–Crippen MR) is 74.5 cm³/mol. The lowest BCUT2D eigenvalue weighted by Crippen LogP contribution is -2.24. The van der Waals surface area contributed by atoms with Crippen LogP contribution in [0, 0.1) is 5.92 Å². The summed E-state index contributed by atoms with van der Waals surface area (Å²) in [5, 5.41) is 3.57. The van der Waals surface area contributed by atoms with E-state index in [0.717, 1.165) is 23.4 Å². The van der Waals surface area contributed by atoms with E-state index in [1.54, 1.807) is 6.20 Å². The zero-order valence-corrected chi connectivity index (χ0v) is 11.2. The second-order valence-electron chi connectivity index (χ2n) is 4.85. The molecule has 3 nitrogen and oxygen atoms in total. The van der Waals surface area contributed by atoms with Crippen molar-refractivity contribution in [2.75, 3.05) is 5.32 Å². The van der Waals surface area contributed by atoms with Crippen LogP contribution in [0.4, 0.5) is 5.69 Å². The molecule has 0 spiro atoms. The lowest BCUT2D eigenvalue weighted by molar-refractivity contribution is 0.511. The Hall–Kier alpha value is -1.77. The SMILES string of the molecule is CCC(Nc1cccc(-c2cnco2)c1)C(C)C. The largest absolute Gasteiger partial charge is 0.444 e. The van der Waals surface area contributed by atoms with Gasteiger partial charge in [-0.25, -0.2) is 4.98 Å². The highest BCUT2D eigenvalue weighted by molar-refractivity contribution is 5.63. The Morgan fingerprint density at radius 3 is 2.78 bits per heavy atom. The van der Waals surface area contributed by atoms with Gasteiger partial charge in [-0.3, -0.25) is 0 Å². The molecule has 0 radical (unpaired) electrons. The monoisotopic (exact) mass is 244 g/mol. The van der Waals surface area contributed by atoms with Crippen LogP contribution in [0.15, 0.2) is 41.3 Å². The first-order valence-electron chi connectivity index (χ1n) is 6.46. The van der Waals surface area contributed by atoms with Crippen LogP contribution < -0.4 is 5.32 Å². The average molecular weight is 244 g/mol. The van der Waals surface area contributed by atoms with Gasteiger partial charge in [0.1, 0.15) is 0 Å². The van der Waals surface area contributed by atoms with Crippen molar-refractivity contribution >= 4 is 5.69 Å². The lowest BCUT2D eigenvalue weighted by atomic mass is 10.0. The molecule has 0 aliphatic carbocycles. The van der Waals surface area contributed by atoms with Crippen molar-refractivity contribution in [1.29, 1.82) is 0 Å². The molecule has 2 rings (SSSR count). The number of oxazole rings is 1. The predicted octanol–water partition coefficient (Wildman–Crippen LogP) is 4.19. The molecular formula is C15H20N2O. The third-order valence-electron chi connectivity index (χ3n) is 3.18. The average Bonchev–Trinajstić information content (AvgIpc) is 2.90. The molecular weight excluding hydrogens is 224 g/mol. The van der Waals surface area contributed by atoms with Crippen LogP contribution in [-0.2, 0) is 0 Å². The number of nitrogens with zero attached hydrogens (tertiary/aromatic N) is 1. The Bertz CT molecular complexity index is 477. The zero-order valence-electron chi connectivity index (χ0n) is 11.2. The quantitative estimate of drug-likeness (QED) is 0.857. The molecule has 0 bridgehead atoms. The normalized spacial score (nSPS) is 12.7. The van der Waals surface area contributed by atoms with Gasteiger partial charge in [0.05, 0.1) is 6.20 Å². The second kappa shape index (κ2) is 5.71. The molecule has 0 amide bonds. The van der Waals surface area contributed by atoms with Gasteiger partial charge in [0.25, 0.3) is 0 Å². The number of aromatic nitrogens is 1. The highest BCUT2D eigenvalue weighted by Gasteiger charge is 2.11. The fraction of sp³-hybridized carbons (Fsp3) is 0.400. The van der Waals surface area contributed by atoms with E-state index in [1.165, 1.54) is 6.39 Å². The molecule has 0 saturated heterocycles. The van der Waals surface area contributed by atoms with Crippen LogP contribution in [0.1, 0.15) is 27.2 Å². The molecule has 1 aromatic carbocycles. The van der Waals surface area contributed by atoms with Gasteiger partial charge in [-0.15, -0.1) is 0 Å². The summed E-state index contributed by atoms with van der Waals surface area (Å²) < 4.78 is 5.31. The van der Waals surface area contributed by atoms with E-state index >= 15 is 0 Å². The first-order valence-corrected chi connectivity index (χ1v) is 6.46. The zero-order chi connectivity index (χ0) is 13.0. The van der Waals surface area contributed by atoms with Gasteiger partial charge >= 0.3 is 0 Å². The van der Waals surface area contributed by atoms with Gasteiger partial charge in [-0.2, -0.15) is 0 Å². The number of hydrogen-bond acceptors (Lipinski definition) is 3. The molecule has 0 aliphatic rings. The molecule has 1 atom stereocenters. The molecule has 0 saturated carbocycles. The minimum absolute atomic E-state index is 0.495. The highest BCUT2D eigenvalue weighted by atomic mass is 16.3. The molecule has 96 valence electrons. The van der Waals surface area contributed by atoms with Crippen LogP contribution in [0.5, 0.6) is 0 Å². The molecule has 1 unspecified atom stereocenters. The van der Waals surface area contributed by atoms with Crippen LogP contribution in [0.25, 0.3) is 11.3 Å². The number of rotatable bonds is 5. The summed E-state index contributed by atoms with van der Waals surface area (Å²) in [5.74, 6) is 1.42. The van der Waals surface area contributed by atoms with Crippen LogP contribution in [0.2, 0.25) is 0 Å². The summed E-state index contributed by atoms with van der Waals surface area (Å²) in [7, 11) is 0. The van der Waals surface area contributed by atoms with E-state index in [4.69, 9.17) is 4.42 Å². The molecule has 1 aromatic heterocycles. The lowest BCUT2D eigenvalue weighted by Gasteiger charge is -2.22. The first-order chi connectivity index (χ1) is 8.70. The molecule has 1 heterocycles. The number of hydrogen-bond donors (Lipinski definition) is 1. The summed E-state index contributed by atoms with van der Waals surface area (Å²) in [6, 6.07) is 8.75. The minimum Gasteiger partial charge on any atom is -0.444 e. The third-order valence-corrected chi connectivity index (χ3v) is 3.18. The maximum atomic E-state index is 5.31. The topological polar surface area (TPSA) is 38.1 Å². The Balaban J connectivity index is 2.17. The Labute approximate surface area is 108 Å². The summed E-state index contributed by atoms with van der Waals surface area (Å²) in [5.41, 5.74) is 2.18. The standard InChI is InChI=1S/C15H20N2O/c1-4-14(11(2)3)17-13-7-5-6-12(8-13)15-9-16-10-18-15/h5-11,14,17H,4H2,1-3H3. The second-order valence-corrected chi connectivity index (χ2v) is 4.85. The fourth-order valence-corrected chi connectivity index (χ4v) is 2.07. The van der Waals surface area contributed by atoms with Crippen molar-refractivity contribution in [3.63, 3.8) is 0 Å². The van der Waals surface area contributed by atoms with Gasteiger partial charge in [0.2, 0.25) is 0 Å². The number of benzene rings is 1. The van der Waals surface area contributed by atoms with Crippen molar-refractivity contribution in [3.8, 4) is 11.3 Å². The first kappa shape index (κ1) is 12.7. The summed E-state index contributed by atoms with van der Waals surface area (Å²) in [4.78, 5) is 3.95. The summed E-state index contributed by atoms with van der Waals surface area (Å²) in [6.07, 6.45) is 4.31. The van der Waals surface area contributed by atoms with Gasteiger partial charge in [0, 0.05) is 17.3 Å². The minimum atomic E-state index is 0.495. The van der Waals surface area contributed by atoms with Crippen molar-refractivity contribution in [3.05, 3.63) is 36.9 Å². The number of anilines is 1. The highest BCUT2D eigenvalue weighted by Crippen LogP contribution is 2.23. The molecule has 1 N–H and O–H groups in total. The van der Waals surface area contributed by atoms with Crippen molar-refractivity contribution < 1.29 is 4.42 Å². The Morgan fingerprint density at radius 2 is 2.17 bits per heavy atom. The molecule has 0 fully saturated rings. The van der Waals surface area contributed by atoms with Crippen LogP contribution in [-0.4, -0.2) is 11.0 Å². The fourth-order valence-electron chi connectivity index (χ4n) is 2.07. The van der Waals surface area contributed by atoms with E-state index in [0.29, 0.717) is 12.0 Å². The van der Waals surface area contributed by atoms with Gasteiger partial charge < -0.3 is 9.73 Å². The van der Waals surface area contributed by atoms with Crippen molar-refractivity contribution in [1.82, 2.24) is 4.98 Å². The van der Waals surface area contributed by atoms with E-state index in [1.807, 2.05) is 12.1 Å².